The Morgan fingerprint density at radius 2 is 1.96 bits per heavy atom. The molecular formula is C19H19FO2S. The number of hydrogen-bond donors (Lipinski definition) is 0. The second-order valence-electron chi connectivity index (χ2n) is 6.38. The summed E-state index contributed by atoms with van der Waals surface area (Å²) in [6.45, 7) is 2.27. The first kappa shape index (κ1) is 14.8. The molecule has 0 N–H and O–H groups in total. The van der Waals surface area contributed by atoms with Crippen LogP contribution in [0.4, 0.5) is 4.39 Å². The molecule has 0 aliphatic heterocycles. The fourth-order valence-electron chi connectivity index (χ4n) is 3.45. The van der Waals surface area contributed by atoms with Crippen LogP contribution in [0.1, 0.15) is 26.2 Å². The Balaban J connectivity index is 1.74. The SMILES string of the molecule is COc1ccc2c(sc3cc(OC4CCC(C)C4)ccc32)c1F. The molecule has 4 heteroatoms. The highest BCUT2D eigenvalue weighted by Gasteiger charge is 2.23. The minimum absolute atomic E-state index is 0.279. The van der Waals surface area contributed by atoms with Crippen molar-refractivity contribution >= 4 is 31.5 Å². The molecule has 2 atom stereocenters. The van der Waals surface area contributed by atoms with Crippen LogP contribution in [0.5, 0.6) is 11.5 Å². The van der Waals surface area contributed by atoms with E-state index < -0.39 is 0 Å². The maximum atomic E-state index is 14.4. The molecule has 3 aromatic rings. The summed E-state index contributed by atoms with van der Waals surface area (Å²) in [4.78, 5) is 0. The third-order valence-electron chi connectivity index (χ3n) is 4.69. The van der Waals surface area contributed by atoms with E-state index >= 15 is 0 Å². The Morgan fingerprint density at radius 1 is 1.13 bits per heavy atom. The third-order valence-corrected chi connectivity index (χ3v) is 5.85. The average molecular weight is 330 g/mol. The van der Waals surface area contributed by atoms with Crippen LogP contribution >= 0.6 is 11.3 Å². The van der Waals surface area contributed by atoms with Crippen molar-refractivity contribution in [2.45, 2.75) is 32.3 Å². The lowest BCUT2D eigenvalue weighted by Gasteiger charge is -2.13. The smallest absolute Gasteiger partial charge is 0.182 e. The van der Waals surface area contributed by atoms with Gasteiger partial charge in [0.2, 0.25) is 0 Å². The monoisotopic (exact) mass is 330 g/mol. The molecule has 120 valence electrons. The zero-order chi connectivity index (χ0) is 16.0. The molecule has 2 aromatic carbocycles. The number of benzene rings is 2. The molecule has 2 unspecified atom stereocenters. The molecule has 1 aliphatic rings. The maximum Gasteiger partial charge on any atom is 0.182 e. The minimum atomic E-state index is -0.279. The summed E-state index contributed by atoms with van der Waals surface area (Å²) in [5.74, 6) is 1.64. The Morgan fingerprint density at radius 3 is 2.70 bits per heavy atom. The van der Waals surface area contributed by atoms with Crippen LogP contribution in [0.2, 0.25) is 0 Å². The van der Waals surface area contributed by atoms with E-state index in [4.69, 9.17) is 9.47 Å². The first-order valence-electron chi connectivity index (χ1n) is 8.01. The molecule has 0 saturated heterocycles. The molecule has 23 heavy (non-hydrogen) atoms. The van der Waals surface area contributed by atoms with Crippen molar-refractivity contribution in [2.75, 3.05) is 7.11 Å². The predicted octanol–water partition coefficient (Wildman–Crippen LogP) is 5.77. The van der Waals surface area contributed by atoms with Crippen molar-refractivity contribution in [3.8, 4) is 11.5 Å². The van der Waals surface area contributed by atoms with Crippen LogP contribution in [0.15, 0.2) is 30.3 Å². The zero-order valence-electron chi connectivity index (χ0n) is 13.3. The molecule has 0 spiro atoms. The number of rotatable bonds is 3. The van der Waals surface area contributed by atoms with Crippen molar-refractivity contribution in [2.24, 2.45) is 5.92 Å². The van der Waals surface area contributed by atoms with Gasteiger partial charge in [-0.25, -0.2) is 4.39 Å². The van der Waals surface area contributed by atoms with E-state index in [2.05, 4.69) is 6.92 Å². The lowest BCUT2D eigenvalue weighted by atomic mass is 10.1. The molecule has 0 bridgehead atoms. The highest BCUT2D eigenvalue weighted by molar-refractivity contribution is 7.25. The second kappa shape index (κ2) is 5.68. The summed E-state index contributed by atoms with van der Waals surface area (Å²) < 4.78 is 27.3. The highest BCUT2D eigenvalue weighted by Crippen LogP contribution is 2.40. The summed E-state index contributed by atoms with van der Waals surface area (Å²) in [5.41, 5.74) is 0. The molecule has 1 saturated carbocycles. The predicted molar refractivity (Wildman–Crippen MR) is 93.3 cm³/mol. The molecule has 4 rings (SSSR count). The summed E-state index contributed by atoms with van der Waals surface area (Å²) in [7, 11) is 1.49. The minimum Gasteiger partial charge on any atom is -0.494 e. The quantitative estimate of drug-likeness (QED) is 0.607. The van der Waals surface area contributed by atoms with Crippen molar-refractivity contribution in [1.82, 2.24) is 0 Å². The van der Waals surface area contributed by atoms with Gasteiger partial charge >= 0.3 is 0 Å². The van der Waals surface area contributed by atoms with E-state index in [0.29, 0.717) is 16.6 Å². The number of fused-ring (bicyclic) bond motifs is 3. The summed E-state index contributed by atoms with van der Waals surface area (Å²) in [5, 5.41) is 2.00. The molecule has 0 radical (unpaired) electrons. The fourth-order valence-corrected chi connectivity index (χ4v) is 4.62. The number of halogens is 1. The highest BCUT2D eigenvalue weighted by atomic mass is 32.1. The lowest BCUT2D eigenvalue weighted by Crippen LogP contribution is -2.11. The maximum absolute atomic E-state index is 14.4. The van der Waals surface area contributed by atoms with Crippen molar-refractivity contribution < 1.29 is 13.9 Å². The van der Waals surface area contributed by atoms with Gasteiger partial charge in [-0.3, -0.25) is 0 Å². The molecule has 1 aromatic heterocycles. The van der Waals surface area contributed by atoms with Crippen LogP contribution in [0.25, 0.3) is 20.2 Å². The van der Waals surface area contributed by atoms with Gasteiger partial charge in [-0.2, -0.15) is 0 Å². The summed E-state index contributed by atoms with van der Waals surface area (Å²) in [6.07, 6.45) is 3.79. The number of ether oxygens (including phenoxy) is 2. The van der Waals surface area contributed by atoms with Crippen molar-refractivity contribution in [1.29, 1.82) is 0 Å². The number of thiophene rings is 1. The first-order valence-corrected chi connectivity index (χ1v) is 8.82. The van der Waals surface area contributed by atoms with Gasteiger partial charge in [0.1, 0.15) is 5.75 Å². The Labute approximate surface area is 138 Å². The fraction of sp³-hybridized carbons (Fsp3) is 0.368. The Hall–Kier alpha value is -1.81. The van der Waals surface area contributed by atoms with E-state index in [9.17, 15) is 4.39 Å². The molecule has 1 heterocycles. The van der Waals surface area contributed by atoms with Gasteiger partial charge in [0.05, 0.1) is 17.9 Å². The van der Waals surface area contributed by atoms with E-state index in [1.54, 1.807) is 6.07 Å². The largest absolute Gasteiger partial charge is 0.494 e. The lowest BCUT2D eigenvalue weighted by molar-refractivity contribution is 0.206. The van der Waals surface area contributed by atoms with Crippen molar-refractivity contribution in [3.63, 3.8) is 0 Å². The summed E-state index contributed by atoms with van der Waals surface area (Å²) >= 11 is 1.46. The van der Waals surface area contributed by atoms with Crippen LogP contribution in [0.3, 0.4) is 0 Å². The molecule has 0 amide bonds. The topological polar surface area (TPSA) is 18.5 Å². The summed E-state index contributed by atoms with van der Waals surface area (Å²) in [6, 6.07) is 9.69. The van der Waals surface area contributed by atoms with Crippen LogP contribution in [-0.4, -0.2) is 13.2 Å². The second-order valence-corrected chi connectivity index (χ2v) is 7.43. The van der Waals surface area contributed by atoms with Crippen LogP contribution in [-0.2, 0) is 0 Å². The van der Waals surface area contributed by atoms with Gasteiger partial charge < -0.3 is 9.47 Å². The van der Waals surface area contributed by atoms with Crippen LogP contribution in [0, 0.1) is 11.7 Å². The van der Waals surface area contributed by atoms with Gasteiger partial charge in [-0.15, -0.1) is 11.3 Å². The standard InChI is InChI=1S/C19H19FO2S/c1-11-3-4-12(9-11)22-13-5-6-14-15-7-8-16(21-2)18(20)19(15)23-17(14)10-13/h5-8,10-12H,3-4,9H2,1-2H3. The van der Waals surface area contributed by atoms with Gasteiger partial charge in [0, 0.05) is 15.5 Å². The van der Waals surface area contributed by atoms with E-state index in [1.807, 2.05) is 24.3 Å². The van der Waals surface area contributed by atoms with Crippen LogP contribution < -0.4 is 9.47 Å². The van der Waals surface area contributed by atoms with Gasteiger partial charge in [-0.1, -0.05) is 6.92 Å². The number of methoxy groups -OCH3 is 1. The zero-order valence-corrected chi connectivity index (χ0v) is 14.1. The van der Waals surface area contributed by atoms with E-state index in [-0.39, 0.29) is 5.82 Å². The van der Waals surface area contributed by atoms with E-state index in [1.165, 1.54) is 24.9 Å². The molecule has 2 nitrogen and oxygen atoms in total. The first-order chi connectivity index (χ1) is 11.2. The van der Waals surface area contributed by atoms with Gasteiger partial charge in [0.25, 0.3) is 0 Å². The molecule has 1 fully saturated rings. The molecule has 1 aliphatic carbocycles. The Bertz CT molecular complexity index is 871. The van der Waals surface area contributed by atoms with Gasteiger partial charge in [-0.05, 0) is 55.5 Å². The normalized spacial score (nSPS) is 21.2. The number of hydrogen-bond acceptors (Lipinski definition) is 3. The van der Waals surface area contributed by atoms with Crippen molar-refractivity contribution in [3.05, 3.63) is 36.1 Å². The molecular weight excluding hydrogens is 311 g/mol. The van der Waals surface area contributed by atoms with E-state index in [0.717, 1.165) is 40.0 Å². The third kappa shape index (κ3) is 2.55. The van der Waals surface area contributed by atoms with Gasteiger partial charge in [0.15, 0.2) is 11.6 Å². The average Bonchev–Trinajstić information content (AvgIpc) is 3.11. The Kier molecular flexibility index (Phi) is 3.64.